The van der Waals surface area contributed by atoms with E-state index in [2.05, 4.69) is 11.6 Å². The molecule has 0 spiro atoms. The Kier molecular flexibility index (Phi) is 5.53. The summed E-state index contributed by atoms with van der Waals surface area (Å²) in [6.07, 6.45) is 4.22. The lowest BCUT2D eigenvalue weighted by Crippen LogP contribution is -2.38. The van der Waals surface area contributed by atoms with Gasteiger partial charge in [-0.1, -0.05) is 6.08 Å². The molecule has 0 bridgehead atoms. The molecule has 1 amide bonds. The quantitative estimate of drug-likeness (QED) is 0.601. The van der Waals surface area contributed by atoms with E-state index in [1.165, 1.54) is 29.4 Å². The van der Waals surface area contributed by atoms with Gasteiger partial charge in [0.2, 0.25) is 0 Å². The van der Waals surface area contributed by atoms with Gasteiger partial charge in [0, 0.05) is 25.0 Å². The molecule has 1 heterocycles. The Morgan fingerprint density at radius 2 is 2.26 bits per heavy atom. The van der Waals surface area contributed by atoms with Crippen molar-refractivity contribution in [2.24, 2.45) is 0 Å². The Balaban J connectivity index is 2.90. The highest BCUT2D eigenvalue weighted by atomic mass is 16.5. The van der Waals surface area contributed by atoms with Crippen molar-refractivity contribution in [2.75, 3.05) is 19.7 Å². The predicted molar refractivity (Wildman–Crippen MR) is 69.8 cm³/mol. The standard InChI is InChI=1S/C13H16N2O4/c1-3-7-15(9-12(17)19-4-2)13(18)10-8-14-6-5-11(10)16/h3,5-6,8H,1,4,7,9H2,2H3,(H,14,16). The molecule has 0 atom stereocenters. The smallest absolute Gasteiger partial charge is 0.325 e. The first kappa shape index (κ1) is 14.7. The van der Waals surface area contributed by atoms with Crippen LogP contribution in [0.15, 0.2) is 35.9 Å². The zero-order valence-electron chi connectivity index (χ0n) is 10.7. The van der Waals surface area contributed by atoms with E-state index in [0.717, 1.165) is 0 Å². The maximum atomic E-state index is 12.1. The maximum absolute atomic E-state index is 12.1. The number of pyridine rings is 1. The Labute approximate surface area is 110 Å². The van der Waals surface area contributed by atoms with E-state index in [4.69, 9.17) is 4.74 Å². The van der Waals surface area contributed by atoms with E-state index < -0.39 is 17.3 Å². The molecule has 1 N–H and O–H groups in total. The van der Waals surface area contributed by atoms with Crippen molar-refractivity contribution >= 4 is 11.9 Å². The molecule has 0 saturated heterocycles. The van der Waals surface area contributed by atoms with E-state index in [9.17, 15) is 14.4 Å². The molecule has 1 rings (SSSR count). The Morgan fingerprint density at radius 3 is 2.84 bits per heavy atom. The maximum Gasteiger partial charge on any atom is 0.325 e. The van der Waals surface area contributed by atoms with Crippen LogP contribution in [0.2, 0.25) is 0 Å². The SMILES string of the molecule is C=CCN(CC(=O)OCC)C(=O)c1c[nH]ccc1=O. The molecule has 6 nitrogen and oxygen atoms in total. The molecule has 0 aliphatic heterocycles. The summed E-state index contributed by atoms with van der Waals surface area (Å²) in [4.78, 5) is 39.0. The van der Waals surface area contributed by atoms with Crippen LogP contribution in [0.25, 0.3) is 0 Å². The zero-order valence-corrected chi connectivity index (χ0v) is 10.7. The number of ether oxygens (including phenoxy) is 1. The van der Waals surface area contributed by atoms with E-state index >= 15 is 0 Å². The van der Waals surface area contributed by atoms with Gasteiger partial charge < -0.3 is 14.6 Å². The number of nitrogens with one attached hydrogen (secondary N) is 1. The lowest BCUT2D eigenvalue weighted by atomic mass is 10.2. The van der Waals surface area contributed by atoms with Gasteiger partial charge in [-0.05, 0) is 6.92 Å². The molecule has 102 valence electrons. The van der Waals surface area contributed by atoms with E-state index in [1.807, 2.05) is 0 Å². The normalized spacial score (nSPS) is 9.74. The summed E-state index contributed by atoms with van der Waals surface area (Å²) in [6.45, 7) is 5.38. The van der Waals surface area contributed by atoms with Crippen molar-refractivity contribution in [3.8, 4) is 0 Å². The molecular weight excluding hydrogens is 248 g/mol. The summed E-state index contributed by atoms with van der Waals surface area (Å²) in [5.41, 5.74) is -0.421. The first-order valence-corrected chi connectivity index (χ1v) is 5.83. The van der Waals surface area contributed by atoms with Gasteiger partial charge in [0.25, 0.3) is 5.91 Å². The monoisotopic (exact) mass is 264 g/mol. The van der Waals surface area contributed by atoms with E-state index in [-0.39, 0.29) is 25.3 Å². The highest BCUT2D eigenvalue weighted by molar-refractivity contribution is 5.95. The predicted octanol–water partition coefficient (Wildman–Crippen LogP) is 0.566. The molecule has 0 aromatic carbocycles. The number of aromatic amines is 1. The van der Waals surface area contributed by atoms with Crippen LogP contribution in [0.5, 0.6) is 0 Å². The second-order valence-corrected chi connectivity index (χ2v) is 3.70. The number of nitrogens with zero attached hydrogens (tertiary/aromatic N) is 1. The third-order valence-corrected chi connectivity index (χ3v) is 2.32. The van der Waals surface area contributed by atoms with Crippen molar-refractivity contribution in [2.45, 2.75) is 6.92 Å². The Hall–Kier alpha value is -2.37. The Bertz CT molecular complexity index is 521. The van der Waals surface area contributed by atoms with Crippen molar-refractivity contribution in [1.29, 1.82) is 0 Å². The topological polar surface area (TPSA) is 79.5 Å². The van der Waals surface area contributed by atoms with Gasteiger partial charge in [0.15, 0.2) is 5.43 Å². The molecule has 0 fully saturated rings. The number of esters is 1. The molecule has 0 aliphatic rings. The molecule has 0 saturated carbocycles. The molecule has 6 heteroatoms. The molecular formula is C13H16N2O4. The molecule has 1 aromatic rings. The molecule has 0 unspecified atom stereocenters. The van der Waals surface area contributed by atoms with Crippen LogP contribution < -0.4 is 5.43 Å². The first-order chi connectivity index (χ1) is 9.10. The summed E-state index contributed by atoms with van der Waals surface area (Å²) < 4.78 is 4.78. The van der Waals surface area contributed by atoms with Crippen molar-refractivity contribution in [1.82, 2.24) is 9.88 Å². The Morgan fingerprint density at radius 1 is 1.53 bits per heavy atom. The number of amides is 1. The lowest BCUT2D eigenvalue weighted by molar-refractivity contribution is -0.143. The first-order valence-electron chi connectivity index (χ1n) is 5.83. The highest BCUT2D eigenvalue weighted by Gasteiger charge is 2.20. The molecule has 0 radical (unpaired) electrons. The number of carbonyl (C=O) groups excluding carboxylic acids is 2. The largest absolute Gasteiger partial charge is 0.465 e. The van der Waals surface area contributed by atoms with Gasteiger partial charge in [-0.15, -0.1) is 6.58 Å². The molecule has 19 heavy (non-hydrogen) atoms. The molecule has 1 aromatic heterocycles. The van der Waals surface area contributed by atoms with Gasteiger partial charge in [-0.2, -0.15) is 0 Å². The van der Waals surface area contributed by atoms with Gasteiger partial charge in [0.05, 0.1) is 6.61 Å². The second-order valence-electron chi connectivity index (χ2n) is 3.70. The van der Waals surface area contributed by atoms with Crippen LogP contribution in [0.1, 0.15) is 17.3 Å². The summed E-state index contributed by atoms with van der Waals surface area (Å²) >= 11 is 0. The number of rotatable bonds is 6. The number of carbonyl (C=O) groups is 2. The van der Waals surface area contributed by atoms with Gasteiger partial charge >= 0.3 is 5.97 Å². The fourth-order valence-electron chi connectivity index (χ4n) is 1.49. The van der Waals surface area contributed by atoms with E-state index in [1.54, 1.807) is 6.92 Å². The van der Waals surface area contributed by atoms with Gasteiger partial charge in [0.1, 0.15) is 12.1 Å². The van der Waals surface area contributed by atoms with Crippen LogP contribution >= 0.6 is 0 Å². The van der Waals surface area contributed by atoms with Crippen molar-refractivity contribution in [3.63, 3.8) is 0 Å². The van der Waals surface area contributed by atoms with Crippen LogP contribution in [0, 0.1) is 0 Å². The van der Waals surface area contributed by atoms with E-state index in [0.29, 0.717) is 0 Å². The minimum Gasteiger partial charge on any atom is -0.465 e. The lowest BCUT2D eigenvalue weighted by Gasteiger charge is -2.19. The third kappa shape index (κ3) is 4.09. The van der Waals surface area contributed by atoms with Crippen LogP contribution in [0.3, 0.4) is 0 Å². The third-order valence-electron chi connectivity index (χ3n) is 2.32. The summed E-state index contributed by atoms with van der Waals surface area (Å²) in [7, 11) is 0. The van der Waals surface area contributed by atoms with Crippen LogP contribution in [-0.4, -0.2) is 41.5 Å². The number of aromatic nitrogens is 1. The highest BCUT2D eigenvalue weighted by Crippen LogP contribution is 2.00. The average Bonchev–Trinajstić information content (AvgIpc) is 2.38. The van der Waals surface area contributed by atoms with Gasteiger partial charge in [-0.25, -0.2) is 0 Å². The second kappa shape index (κ2) is 7.15. The minimum atomic E-state index is -0.533. The van der Waals surface area contributed by atoms with Gasteiger partial charge in [-0.3, -0.25) is 14.4 Å². The minimum absolute atomic E-state index is 0.0198. The summed E-state index contributed by atoms with van der Waals surface area (Å²) in [5, 5.41) is 0. The number of hydrogen-bond donors (Lipinski definition) is 1. The number of hydrogen-bond acceptors (Lipinski definition) is 4. The van der Waals surface area contributed by atoms with Crippen LogP contribution in [0.4, 0.5) is 0 Å². The van der Waals surface area contributed by atoms with Crippen molar-refractivity contribution in [3.05, 3.63) is 46.9 Å². The fraction of sp³-hybridized carbons (Fsp3) is 0.308. The summed E-state index contributed by atoms with van der Waals surface area (Å²) in [6, 6.07) is 1.25. The number of H-pyrrole nitrogens is 1. The average molecular weight is 264 g/mol. The molecule has 0 aliphatic carbocycles. The fourth-order valence-corrected chi connectivity index (χ4v) is 1.49. The van der Waals surface area contributed by atoms with Crippen LogP contribution in [-0.2, 0) is 9.53 Å². The van der Waals surface area contributed by atoms with Crippen molar-refractivity contribution < 1.29 is 14.3 Å². The summed E-state index contributed by atoms with van der Waals surface area (Å²) in [5.74, 6) is -1.06. The zero-order chi connectivity index (χ0) is 14.3.